The van der Waals surface area contributed by atoms with Crippen LogP contribution in [0.1, 0.15) is 37.5 Å². The van der Waals surface area contributed by atoms with E-state index in [0.717, 1.165) is 25.7 Å². The molecule has 1 aliphatic carbocycles. The molecular formula is C13H18N4O3S. The minimum Gasteiger partial charge on any atom is -0.468 e. The van der Waals surface area contributed by atoms with Gasteiger partial charge in [0.25, 0.3) is 0 Å². The summed E-state index contributed by atoms with van der Waals surface area (Å²) in [5.41, 5.74) is 5.98. The maximum absolute atomic E-state index is 12.3. The van der Waals surface area contributed by atoms with Gasteiger partial charge in [0.15, 0.2) is 0 Å². The Morgan fingerprint density at radius 2 is 2.19 bits per heavy atom. The number of nitrogens with zero attached hydrogens (tertiary/aromatic N) is 2. The Hall–Kier alpha value is -1.80. The average molecular weight is 310 g/mol. The third-order valence-electron chi connectivity index (χ3n) is 3.78. The summed E-state index contributed by atoms with van der Waals surface area (Å²) < 4.78 is 33.8. The van der Waals surface area contributed by atoms with Crippen LogP contribution in [0.2, 0.25) is 0 Å². The zero-order valence-electron chi connectivity index (χ0n) is 11.5. The first kappa shape index (κ1) is 14.2. The van der Waals surface area contributed by atoms with E-state index >= 15 is 0 Å². The second-order valence-electron chi connectivity index (χ2n) is 5.18. The summed E-state index contributed by atoms with van der Waals surface area (Å²) in [7, 11) is -3.69. The fourth-order valence-electron chi connectivity index (χ4n) is 2.66. The smallest absolute Gasteiger partial charge is 0.246 e. The number of hydrogen-bond acceptors (Lipinski definition) is 5. The molecule has 0 amide bonds. The summed E-state index contributed by atoms with van der Waals surface area (Å²) in [6.07, 6.45) is 7.05. The van der Waals surface area contributed by atoms with Gasteiger partial charge in [0.05, 0.1) is 25.0 Å². The normalized spacial score (nSPS) is 16.6. The average Bonchev–Trinajstić information content (AvgIpc) is 3.18. The molecule has 114 valence electrons. The second-order valence-corrected chi connectivity index (χ2v) is 6.92. The van der Waals surface area contributed by atoms with Crippen molar-refractivity contribution in [3.63, 3.8) is 0 Å². The van der Waals surface area contributed by atoms with Crippen molar-refractivity contribution in [2.24, 2.45) is 0 Å². The van der Waals surface area contributed by atoms with Crippen molar-refractivity contribution in [2.75, 3.05) is 5.73 Å². The van der Waals surface area contributed by atoms with Crippen LogP contribution in [0, 0.1) is 0 Å². The minimum absolute atomic E-state index is 0.0287. The molecule has 1 aliphatic rings. The molecule has 2 aromatic rings. The molecule has 21 heavy (non-hydrogen) atoms. The number of nitrogens with one attached hydrogen (secondary N) is 1. The van der Waals surface area contributed by atoms with Gasteiger partial charge in [-0.3, -0.25) is 0 Å². The van der Waals surface area contributed by atoms with Crippen LogP contribution < -0.4 is 10.5 Å². The summed E-state index contributed by atoms with van der Waals surface area (Å²) in [6.45, 7) is 0.0867. The van der Waals surface area contributed by atoms with Crippen LogP contribution in [0.25, 0.3) is 0 Å². The zero-order chi connectivity index (χ0) is 14.9. The van der Waals surface area contributed by atoms with Gasteiger partial charge in [0.2, 0.25) is 10.0 Å². The van der Waals surface area contributed by atoms with E-state index in [1.807, 2.05) is 0 Å². The zero-order valence-corrected chi connectivity index (χ0v) is 12.3. The Labute approximate surface area is 123 Å². The van der Waals surface area contributed by atoms with E-state index in [1.165, 1.54) is 12.5 Å². The van der Waals surface area contributed by atoms with Crippen molar-refractivity contribution < 1.29 is 12.8 Å². The maximum Gasteiger partial charge on any atom is 0.246 e. The molecule has 3 rings (SSSR count). The summed E-state index contributed by atoms with van der Waals surface area (Å²) in [6, 6.07) is 3.61. The van der Waals surface area contributed by atoms with Crippen LogP contribution in [0.5, 0.6) is 0 Å². The van der Waals surface area contributed by atoms with Crippen molar-refractivity contribution in [1.82, 2.24) is 14.5 Å². The molecule has 1 fully saturated rings. The summed E-state index contributed by atoms with van der Waals surface area (Å²) in [5, 5.41) is 4.16. The van der Waals surface area contributed by atoms with E-state index < -0.39 is 10.0 Å². The molecule has 0 bridgehead atoms. The molecule has 2 heterocycles. The number of nitrogens with two attached hydrogens (primary N) is 1. The summed E-state index contributed by atoms with van der Waals surface area (Å²) in [4.78, 5) is 0.0287. The second kappa shape index (κ2) is 5.53. The van der Waals surface area contributed by atoms with E-state index in [0.29, 0.717) is 5.76 Å². The van der Waals surface area contributed by atoms with Gasteiger partial charge >= 0.3 is 0 Å². The molecule has 0 aliphatic heterocycles. The molecule has 0 spiro atoms. The molecule has 2 aromatic heterocycles. The molecule has 0 saturated heterocycles. The van der Waals surface area contributed by atoms with Gasteiger partial charge in [-0.2, -0.15) is 5.10 Å². The molecular weight excluding hydrogens is 292 g/mol. The molecule has 1 saturated carbocycles. The van der Waals surface area contributed by atoms with Gasteiger partial charge in [-0.15, -0.1) is 0 Å². The summed E-state index contributed by atoms with van der Waals surface area (Å²) >= 11 is 0. The van der Waals surface area contributed by atoms with Crippen LogP contribution in [0.15, 0.2) is 33.9 Å². The standard InChI is InChI=1S/C13H18N4O3S/c14-13-12(9-15-17(13)10-4-1-2-5-10)21(18,19)16-8-11-6-3-7-20-11/h3,6-7,9-10,16H,1-2,4-5,8,14H2. The Kier molecular flexibility index (Phi) is 3.73. The highest BCUT2D eigenvalue weighted by Crippen LogP contribution is 2.32. The molecule has 0 atom stereocenters. The first-order chi connectivity index (χ1) is 10.1. The number of hydrogen-bond donors (Lipinski definition) is 2. The number of furan rings is 1. The van der Waals surface area contributed by atoms with E-state index in [1.54, 1.807) is 16.8 Å². The lowest BCUT2D eigenvalue weighted by molar-refractivity contribution is 0.473. The van der Waals surface area contributed by atoms with Crippen LogP contribution in [0.3, 0.4) is 0 Å². The van der Waals surface area contributed by atoms with Gasteiger partial charge in [-0.05, 0) is 25.0 Å². The van der Waals surface area contributed by atoms with E-state index in [2.05, 4.69) is 9.82 Å². The van der Waals surface area contributed by atoms with Gasteiger partial charge in [-0.25, -0.2) is 17.8 Å². The fourth-order valence-corrected chi connectivity index (χ4v) is 3.70. The third kappa shape index (κ3) is 2.81. The molecule has 7 nitrogen and oxygen atoms in total. The lowest BCUT2D eigenvalue weighted by Gasteiger charge is -2.12. The predicted octanol–water partition coefficient (Wildman–Crippen LogP) is 1.65. The number of nitrogen functional groups attached to an aromatic ring is 1. The quantitative estimate of drug-likeness (QED) is 0.874. The Balaban J connectivity index is 1.78. The lowest BCUT2D eigenvalue weighted by atomic mass is 10.2. The van der Waals surface area contributed by atoms with Crippen molar-refractivity contribution >= 4 is 15.8 Å². The maximum atomic E-state index is 12.3. The van der Waals surface area contributed by atoms with Crippen molar-refractivity contribution in [2.45, 2.75) is 43.2 Å². The van der Waals surface area contributed by atoms with Gasteiger partial charge in [0.1, 0.15) is 16.5 Å². The van der Waals surface area contributed by atoms with Crippen molar-refractivity contribution in [3.8, 4) is 0 Å². The fraction of sp³-hybridized carbons (Fsp3) is 0.462. The number of aromatic nitrogens is 2. The van der Waals surface area contributed by atoms with Gasteiger partial charge in [0, 0.05) is 0 Å². The Bertz CT molecular complexity index is 700. The van der Waals surface area contributed by atoms with Crippen molar-refractivity contribution in [3.05, 3.63) is 30.4 Å². The van der Waals surface area contributed by atoms with Crippen LogP contribution in [-0.2, 0) is 16.6 Å². The SMILES string of the molecule is Nc1c(S(=O)(=O)NCc2ccco2)cnn1C1CCCC1. The molecule has 0 aromatic carbocycles. The first-order valence-electron chi connectivity index (χ1n) is 6.93. The van der Waals surface area contributed by atoms with Gasteiger partial charge in [-0.1, -0.05) is 12.8 Å². The highest BCUT2D eigenvalue weighted by Gasteiger charge is 2.26. The highest BCUT2D eigenvalue weighted by molar-refractivity contribution is 7.89. The minimum atomic E-state index is -3.69. The number of rotatable bonds is 5. The third-order valence-corrected chi connectivity index (χ3v) is 5.19. The summed E-state index contributed by atoms with van der Waals surface area (Å²) in [5.74, 6) is 0.745. The van der Waals surface area contributed by atoms with Crippen LogP contribution >= 0.6 is 0 Å². The monoisotopic (exact) mass is 310 g/mol. The van der Waals surface area contributed by atoms with Gasteiger partial charge < -0.3 is 10.2 Å². The number of anilines is 1. The Morgan fingerprint density at radius 3 is 2.86 bits per heavy atom. The highest BCUT2D eigenvalue weighted by atomic mass is 32.2. The van der Waals surface area contributed by atoms with E-state index in [4.69, 9.17) is 10.2 Å². The molecule has 3 N–H and O–H groups in total. The molecule has 0 unspecified atom stereocenters. The molecule has 0 radical (unpaired) electrons. The van der Waals surface area contributed by atoms with Crippen LogP contribution in [0.4, 0.5) is 5.82 Å². The predicted molar refractivity (Wildman–Crippen MR) is 76.9 cm³/mol. The van der Waals surface area contributed by atoms with Crippen molar-refractivity contribution in [1.29, 1.82) is 0 Å². The lowest BCUT2D eigenvalue weighted by Crippen LogP contribution is -2.24. The number of sulfonamides is 1. The molecule has 8 heteroatoms. The topological polar surface area (TPSA) is 103 Å². The Morgan fingerprint density at radius 1 is 1.43 bits per heavy atom. The van der Waals surface area contributed by atoms with E-state index in [9.17, 15) is 8.42 Å². The van der Waals surface area contributed by atoms with Crippen LogP contribution in [-0.4, -0.2) is 18.2 Å². The van der Waals surface area contributed by atoms with E-state index in [-0.39, 0.29) is 23.3 Å². The first-order valence-corrected chi connectivity index (χ1v) is 8.41. The largest absolute Gasteiger partial charge is 0.468 e.